The van der Waals surface area contributed by atoms with Gasteiger partial charge in [-0.2, -0.15) is 0 Å². The summed E-state index contributed by atoms with van der Waals surface area (Å²) in [5, 5.41) is 3.56. The molecule has 2 aromatic rings. The SMILES string of the molecule is CC[C@@H](C)NC(=O)[C@@H](C)N(Cc1cccc(Cl)c1)C(=O)Cc1ccc(OC)cc1. The van der Waals surface area contributed by atoms with Crippen molar-refractivity contribution in [2.24, 2.45) is 0 Å². The van der Waals surface area contributed by atoms with Crippen LogP contribution < -0.4 is 10.1 Å². The standard InChI is InChI=1S/C23H29ClN2O3/c1-5-16(2)25-23(28)17(3)26(15-19-7-6-8-20(24)13-19)22(27)14-18-9-11-21(29-4)12-10-18/h6-13,16-17H,5,14-15H2,1-4H3,(H,25,28)/t16-,17-/m1/s1. The van der Waals surface area contributed by atoms with E-state index in [-0.39, 0.29) is 24.3 Å². The van der Waals surface area contributed by atoms with Crippen molar-refractivity contribution in [2.45, 2.75) is 52.2 Å². The molecule has 0 saturated heterocycles. The number of ether oxygens (including phenoxy) is 1. The van der Waals surface area contributed by atoms with E-state index in [0.29, 0.717) is 11.6 Å². The van der Waals surface area contributed by atoms with Crippen LogP contribution >= 0.6 is 11.6 Å². The second-order valence-corrected chi connectivity index (χ2v) is 7.61. The first-order valence-electron chi connectivity index (χ1n) is 9.81. The van der Waals surface area contributed by atoms with Gasteiger partial charge in [-0.15, -0.1) is 0 Å². The van der Waals surface area contributed by atoms with Crippen LogP contribution in [0.25, 0.3) is 0 Å². The van der Waals surface area contributed by atoms with E-state index in [2.05, 4.69) is 5.32 Å². The van der Waals surface area contributed by atoms with E-state index in [4.69, 9.17) is 16.3 Å². The highest BCUT2D eigenvalue weighted by molar-refractivity contribution is 6.30. The van der Waals surface area contributed by atoms with Crippen LogP contribution in [0.5, 0.6) is 5.75 Å². The van der Waals surface area contributed by atoms with E-state index in [1.54, 1.807) is 25.0 Å². The first-order valence-corrected chi connectivity index (χ1v) is 10.2. The third kappa shape index (κ3) is 6.79. The van der Waals surface area contributed by atoms with Crippen molar-refractivity contribution >= 4 is 23.4 Å². The molecule has 0 heterocycles. The number of methoxy groups -OCH3 is 1. The monoisotopic (exact) mass is 416 g/mol. The maximum absolute atomic E-state index is 13.1. The molecular weight excluding hydrogens is 388 g/mol. The van der Waals surface area contributed by atoms with Gasteiger partial charge in [0.05, 0.1) is 13.5 Å². The van der Waals surface area contributed by atoms with E-state index in [1.807, 2.05) is 56.3 Å². The molecule has 2 atom stereocenters. The Morgan fingerprint density at radius 3 is 2.38 bits per heavy atom. The molecule has 2 rings (SSSR count). The highest BCUT2D eigenvalue weighted by Crippen LogP contribution is 2.17. The molecule has 0 fully saturated rings. The van der Waals surface area contributed by atoms with Crippen LogP contribution in [0.2, 0.25) is 5.02 Å². The number of carbonyl (C=O) groups excluding carboxylic acids is 2. The lowest BCUT2D eigenvalue weighted by molar-refractivity contribution is -0.140. The molecule has 0 radical (unpaired) electrons. The number of carbonyl (C=O) groups is 2. The van der Waals surface area contributed by atoms with E-state index >= 15 is 0 Å². The zero-order chi connectivity index (χ0) is 21.4. The number of nitrogens with zero attached hydrogens (tertiary/aromatic N) is 1. The molecule has 0 unspecified atom stereocenters. The van der Waals surface area contributed by atoms with Gasteiger partial charge < -0.3 is 15.0 Å². The second-order valence-electron chi connectivity index (χ2n) is 7.17. The van der Waals surface area contributed by atoms with Crippen molar-refractivity contribution in [2.75, 3.05) is 7.11 Å². The summed E-state index contributed by atoms with van der Waals surface area (Å²) >= 11 is 6.10. The Morgan fingerprint density at radius 2 is 1.79 bits per heavy atom. The zero-order valence-electron chi connectivity index (χ0n) is 17.4. The number of halogens is 1. The normalized spacial score (nSPS) is 12.7. The summed E-state index contributed by atoms with van der Waals surface area (Å²) in [4.78, 5) is 27.4. The Labute approximate surface area is 178 Å². The lowest BCUT2D eigenvalue weighted by atomic mass is 10.1. The first-order chi connectivity index (χ1) is 13.8. The average Bonchev–Trinajstić information content (AvgIpc) is 2.71. The van der Waals surface area contributed by atoms with E-state index in [1.165, 1.54) is 0 Å². The molecule has 29 heavy (non-hydrogen) atoms. The molecule has 6 heteroatoms. The molecule has 0 aliphatic carbocycles. The number of rotatable bonds is 9. The minimum absolute atomic E-state index is 0.0506. The fourth-order valence-corrected chi connectivity index (χ4v) is 3.11. The Bertz CT molecular complexity index is 823. The van der Waals surface area contributed by atoms with Gasteiger partial charge in [-0.05, 0) is 55.7 Å². The van der Waals surface area contributed by atoms with Crippen LogP contribution in [-0.4, -0.2) is 35.9 Å². The topological polar surface area (TPSA) is 58.6 Å². The van der Waals surface area contributed by atoms with Crippen LogP contribution in [0.1, 0.15) is 38.3 Å². The fraction of sp³-hybridized carbons (Fsp3) is 0.391. The van der Waals surface area contributed by atoms with Gasteiger partial charge in [0.15, 0.2) is 0 Å². The van der Waals surface area contributed by atoms with Gasteiger partial charge in [0.25, 0.3) is 0 Å². The fourth-order valence-electron chi connectivity index (χ4n) is 2.90. The van der Waals surface area contributed by atoms with E-state index in [9.17, 15) is 9.59 Å². The molecule has 156 valence electrons. The number of hydrogen-bond acceptors (Lipinski definition) is 3. The molecule has 0 bridgehead atoms. The smallest absolute Gasteiger partial charge is 0.242 e. The number of amides is 2. The van der Waals surface area contributed by atoms with Gasteiger partial charge in [-0.3, -0.25) is 9.59 Å². The summed E-state index contributed by atoms with van der Waals surface area (Å²) in [6.07, 6.45) is 1.03. The highest BCUT2D eigenvalue weighted by Gasteiger charge is 2.26. The number of hydrogen-bond donors (Lipinski definition) is 1. The number of benzene rings is 2. The molecule has 0 spiro atoms. The summed E-state index contributed by atoms with van der Waals surface area (Å²) < 4.78 is 5.17. The molecule has 0 aromatic heterocycles. The molecule has 0 aliphatic heterocycles. The van der Waals surface area contributed by atoms with Crippen LogP contribution in [-0.2, 0) is 22.6 Å². The van der Waals surface area contributed by atoms with Crippen LogP contribution in [0, 0.1) is 0 Å². The van der Waals surface area contributed by atoms with Crippen molar-refractivity contribution in [3.63, 3.8) is 0 Å². The summed E-state index contributed by atoms with van der Waals surface area (Å²) in [6.45, 7) is 6.03. The van der Waals surface area contributed by atoms with Crippen molar-refractivity contribution in [1.82, 2.24) is 10.2 Å². The van der Waals surface area contributed by atoms with E-state index < -0.39 is 6.04 Å². The Balaban J connectivity index is 2.21. The Morgan fingerprint density at radius 1 is 1.10 bits per heavy atom. The van der Waals surface area contributed by atoms with Crippen molar-refractivity contribution in [1.29, 1.82) is 0 Å². The maximum atomic E-state index is 13.1. The lowest BCUT2D eigenvalue weighted by Crippen LogP contribution is -2.49. The van der Waals surface area contributed by atoms with Crippen LogP contribution in [0.15, 0.2) is 48.5 Å². The summed E-state index contributed by atoms with van der Waals surface area (Å²) in [5.74, 6) is 0.449. The van der Waals surface area contributed by atoms with Crippen molar-refractivity contribution in [3.05, 3.63) is 64.7 Å². The van der Waals surface area contributed by atoms with Gasteiger partial charge in [-0.1, -0.05) is 42.8 Å². The lowest BCUT2D eigenvalue weighted by Gasteiger charge is -2.30. The third-order valence-corrected chi connectivity index (χ3v) is 5.16. The van der Waals surface area contributed by atoms with Crippen molar-refractivity contribution in [3.8, 4) is 5.75 Å². The molecule has 5 nitrogen and oxygen atoms in total. The largest absolute Gasteiger partial charge is 0.497 e. The minimum Gasteiger partial charge on any atom is -0.497 e. The molecule has 0 aliphatic rings. The van der Waals surface area contributed by atoms with Gasteiger partial charge in [0.2, 0.25) is 11.8 Å². The van der Waals surface area contributed by atoms with Gasteiger partial charge in [0.1, 0.15) is 11.8 Å². The Hall–Kier alpha value is -2.53. The predicted molar refractivity (Wildman–Crippen MR) is 116 cm³/mol. The molecule has 0 saturated carbocycles. The first kappa shape index (κ1) is 22.8. The van der Waals surface area contributed by atoms with E-state index in [0.717, 1.165) is 23.3 Å². The summed E-state index contributed by atoms with van der Waals surface area (Å²) in [6, 6.07) is 14.2. The maximum Gasteiger partial charge on any atom is 0.242 e. The molecule has 1 N–H and O–H groups in total. The van der Waals surface area contributed by atoms with Gasteiger partial charge >= 0.3 is 0 Å². The van der Waals surface area contributed by atoms with Crippen molar-refractivity contribution < 1.29 is 14.3 Å². The summed E-state index contributed by atoms with van der Waals surface area (Å²) in [5.41, 5.74) is 1.74. The predicted octanol–water partition coefficient (Wildman–Crippen LogP) is 4.22. The van der Waals surface area contributed by atoms with Gasteiger partial charge in [0, 0.05) is 17.6 Å². The highest BCUT2D eigenvalue weighted by atomic mass is 35.5. The van der Waals surface area contributed by atoms with Gasteiger partial charge in [-0.25, -0.2) is 0 Å². The van der Waals surface area contributed by atoms with Crippen LogP contribution in [0.3, 0.4) is 0 Å². The molecule has 2 amide bonds. The quantitative estimate of drug-likeness (QED) is 0.665. The minimum atomic E-state index is -0.603. The molecular formula is C23H29ClN2O3. The number of nitrogens with one attached hydrogen (secondary N) is 1. The average molecular weight is 417 g/mol. The molecule has 2 aromatic carbocycles. The Kier molecular flexibility index (Phi) is 8.52. The van der Waals surface area contributed by atoms with Crippen LogP contribution in [0.4, 0.5) is 0 Å². The zero-order valence-corrected chi connectivity index (χ0v) is 18.2. The second kappa shape index (κ2) is 10.9. The third-order valence-electron chi connectivity index (χ3n) is 4.92. The summed E-state index contributed by atoms with van der Waals surface area (Å²) in [7, 11) is 1.60.